The van der Waals surface area contributed by atoms with E-state index in [0.29, 0.717) is 10.9 Å². The lowest BCUT2D eigenvalue weighted by atomic mass is 10.6. The molecule has 54 valence electrons. The van der Waals surface area contributed by atoms with E-state index >= 15 is 0 Å². The van der Waals surface area contributed by atoms with E-state index < -0.39 is 0 Å². The zero-order chi connectivity index (χ0) is 7.56. The number of aromatic nitrogens is 2. The van der Waals surface area contributed by atoms with Gasteiger partial charge in [-0.25, -0.2) is 14.4 Å². The maximum atomic E-state index is 12.6. The Morgan fingerprint density at radius 2 is 2.30 bits per heavy atom. The van der Waals surface area contributed by atoms with Gasteiger partial charge in [-0.3, -0.25) is 0 Å². The molecule has 0 spiro atoms. The lowest BCUT2D eigenvalue weighted by Gasteiger charge is -1.96. The summed E-state index contributed by atoms with van der Waals surface area (Å²) in [6, 6.07) is 0. The molecule has 0 fully saturated rings. The number of aryl methyl sites for hydroxylation is 1. The third-order valence-electron chi connectivity index (χ3n) is 1.03. The Balaban J connectivity index is 3.09. The first-order chi connectivity index (χ1) is 4.74. The fourth-order valence-corrected chi connectivity index (χ4v) is 1.05. The minimum absolute atomic E-state index is 0.349. The molecule has 1 rings (SSSR count). The van der Waals surface area contributed by atoms with Gasteiger partial charge >= 0.3 is 0 Å². The Morgan fingerprint density at radius 3 is 2.80 bits per heavy atom. The third kappa shape index (κ3) is 1.44. The van der Waals surface area contributed by atoms with Crippen LogP contribution in [0, 0.1) is 12.7 Å². The molecule has 0 unspecified atom stereocenters. The van der Waals surface area contributed by atoms with Crippen LogP contribution in [-0.2, 0) is 0 Å². The standard InChI is InChI=1S/C6H7FN2S/c1-4-8-3-5(7)6(9-4)10-2/h3H,1-2H3. The van der Waals surface area contributed by atoms with E-state index in [1.165, 1.54) is 18.0 Å². The van der Waals surface area contributed by atoms with Gasteiger partial charge in [0.1, 0.15) is 10.9 Å². The largest absolute Gasteiger partial charge is 0.239 e. The van der Waals surface area contributed by atoms with Gasteiger partial charge < -0.3 is 0 Å². The molecule has 0 aliphatic heterocycles. The molecule has 1 aromatic rings. The topological polar surface area (TPSA) is 25.8 Å². The smallest absolute Gasteiger partial charge is 0.173 e. The predicted molar refractivity (Wildman–Crippen MR) is 38.5 cm³/mol. The van der Waals surface area contributed by atoms with E-state index in [-0.39, 0.29) is 5.82 Å². The average Bonchev–Trinajstić information content (AvgIpc) is 1.94. The lowest BCUT2D eigenvalue weighted by molar-refractivity contribution is 0.575. The highest BCUT2D eigenvalue weighted by Crippen LogP contribution is 2.14. The molecule has 0 saturated heterocycles. The second-order valence-electron chi connectivity index (χ2n) is 1.77. The predicted octanol–water partition coefficient (Wildman–Crippen LogP) is 1.65. The first kappa shape index (κ1) is 7.47. The summed E-state index contributed by atoms with van der Waals surface area (Å²) in [4.78, 5) is 7.56. The quantitative estimate of drug-likeness (QED) is 0.459. The molecule has 0 aromatic carbocycles. The minimum Gasteiger partial charge on any atom is -0.239 e. The van der Waals surface area contributed by atoms with E-state index in [9.17, 15) is 4.39 Å². The molecular weight excluding hydrogens is 151 g/mol. The van der Waals surface area contributed by atoms with Crippen LogP contribution in [0.1, 0.15) is 5.82 Å². The molecule has 0 aliphatic rings. The summed E-state index contributed by atoms with van der Waals surface area (Å²) < 4.78 is 12.6. The fraction of sp³-hybridized carbons (Fsp3) is 0.333. The zero-order valence-electron chi connectivity index (χ0n) is 5.76. The highest BCUT2D eigenvalue weighted by molar-refractivity contribution is 7.98. The van der Waals surface area contributed by atoms with Crippen LogP contribution in [0.4, 0.5) is 4.39 Å². The van der Waals surface area contributed by atoms with Crippen LogP contribution in [0.3, 0.4) is 0 Å². The molecule has 0 saturated carbocycles. The number of halogens is 1. The van der Waals surface area contributed by atoms with Gasteiger partial charge in [0, 0.05) is 0 Å². The SMILES string of the molecule is CSc1nc(C)ncc1F. The minimum atomic E-state index is -0.349. The van der Waals surface area contributed by atoms with Gasteiger partial charge in [-0.1, -0.05) is 0 Å². The second-order valence-corrected chi connectivity index (χ2v) is 2.57. The molecule has 10 heavy (non-hydrogen) atoms. The number of hydrogen-bond donors (Lipinski definition) is 0. The van der Waals surface area contributed by atoms with Crippen molar-refractivity contribution in [2.75, 3.05) is 6.26 Å². The Labute approximate surface area is 62.9 Å². The molecule has 2 nitrogen and oxygen atoms in total. The van der Waals surface area contributed by atoms with E-state index in [2.05, 4.69) is 9.97 Å². The van der Waals surface area contributed by atoms with Gasteiger partial charge in [0.05, 0.1) is 6.20 Å². The van der Waals surface area contributed by atoms with Crippen molar-refractivity contribution in [3.8, 4) is 0 Å². The third-order valence-corrected chi connectivity index (χ3v) is 1.70. The lowest BCUT2D eigenvalue weighted by Crippen LogP contribution is -1.92. The molecule has 0 N–H and O–H groups in total. The van der Waals surface area contributed by atoms with Crippen LogP contribution in [0.5, 0.6) is 0 Å². The van der Waals surface area contributed by atoms with Gasteiger partial charge in [0.25, 0.3) is 0 Å². The summed E-state index contributed by atoms with van der Waals surface area (Å²) in [6.45, 7) is 1.74. The Kier molecular flexibility index (Phi) is 2.21. The Morgan fingerprint density at radius 1 is 1.60 bits per heavy atom. The van der Waals surface area contributed by atoms with Gasteiger partial charge in [-0.15, -0.1) is 11.8 Å². The first-order valence-electron chi connectivity index (χ1n) is 2.77. The van der Waals surface area contributed by atoms with E-state index in [0.717, 1.165) is 0 Å². The number of hydrogen-bond acceptors (Lipinski definition) is 3. The molecule has 0 atom stereocenters. The summed E-state index contributed by atoms with van der Waals surface area (Å²) in [5.41, 5.74) is 0. The maximum Gasteiger partial charge on any atom is 0.173 e. The number of thioether (sulfide) groups is 1. The molecular formula is C6H7FN2S. The summed E-state index contributed by atoms with van der Waals surface area (Å²) in [5.74, 6) is 0.254. The van der Waals surface area contributed by atoms with Gasteiger partial charge in [0.15, 0.2) is 5.82 Å². The van der Waals surface area contributed by atoms with Crippen LogP contribution >= 0.6 is 11.8 Å². The van der Waals surface area contributed by atoms with E-state index in [1.807, 2.05) is 0 Å². The molecule has 1 heterocycles. The molecule has 1 aromatic heterocycles. The highest BCUT2D eigenvalue weighted by atomic mass is 32.2. The van der Waals surface area contributed by atoms with Gasteiger partial charge in [-0.05, 0) is 13.2 Å². The summed E-state index contributed by atoms with van der Waals surface area (Å²) >= 11 is 1.28. The van der Waals surface area contributed by atoms with Crippen LogP contribution in [0.25, 0.3) is 0 Å². The van der Waals surface area contributed by atoms with Gasteiger partial charge in [0.2, 0.25) is 0 Å². The normalized spacial score (nSPS) is 9.90. The fourth-order valence-electron chi connectivity index (χ4n) is 0.578. The summed E-state index contributed by atoms with van der Waals surface area (Å²) in [5, 5.41) is 0.410. The second kappa shape index (κ2) is 2.96. The van der Waals surface area contributed by atoms with Crippen molar-refractivity contribution >= 4 is 11.8 Å². The first-order valence-corrected chi connectivity index (χ1v) is 3.99. The van der Waals surface area contributed by atoms with E-state index in [1.54, 1.807) is 13.2 Å². The Hall–Kier alpha value is -0.640. The summed E-state index contributed by atoms with van der Waals surface area (Å²) in [6.07, 6.45) is 2.97. The Bertz CT molecular complexity index is 239. The van der Waals surface area contributed by atoms with Crippen molar-refractivity contribution in [2.45, 2.75) is 11.9 Å². The molecule has 0 radical (unpaired) electrons. The van der Waals surface area contributed by atoms with Crippen molar-refractivity contribution in [1.29, 1.82) is 0 Å². The number of rotatable bonds is 1. The highest BCUT2D eigenvalue weighted by Gasteiger charge is 2.01. The van der Waals surface area contributed by atoms with Crippen molar-refractivity contribution in [2.24, 2.45) is 0 Å². The average molecular weight is 158 g/mol. The van der Waals surface area contributed by atoms with Crippen LogP contribution in [-0.4, -0.2) is 16.2 Å². The molecule has 4 heteroatoms. The van der Waals surface area contributed by atoms with Crippen LogP contribution in [0.2, 0.25) is 0 Å². The van der Waals surface area contributed by atoms with Crippen molar-refractivity contribution in [3.05, 3.63) is 17.8 Å². The van der Waals surface area contributed by atoms with E-state index in [4.69, 9.17) is 0 Å². The number of nitrogens with zero attached hydrogens (tertiary/aromatic N) is 2. The van der Waals surface area contributed by atoms with Crippen LogP contribution in [0.15, 0.2) is 11.2 Å². The van der Waals surface area contributed by atoms with Gasteiger partial charge in [-0.2, -0.15) is 0 Å². The molecule has 0 bridgehead atoms. The molecule has 0 aliphatic carbocycles. The van der Waals surface area contributed by atoms with Crippen molar-refractivity contribution in [3.63, 3.8) is 0 Å². The maximum absolute atomic E-state index is 12.6. The monoisotopic (exact) mass is 158 g/mol. The summed E-state index contributed by atoms with van der Waals surface area (Å²) in [7, 11) is 0. The molecule has 0 amide bonds. The van der Waals surface area contributed by atoms with Crippen LogP contribution < -0.4 is 0 Å². The van der Waals surface area contributed by atoms with Crippen molar-refractivity contribution < 1.29 is 4.39 Å². The van der Waals surface area contributed by atoms with Crippen molar-refractivity contribution in [1.82, 2.24) is 9.97 Å². The zero-order valence-corrected chi connectivity index (χ0v) is 6.57.